The number of likely N-dealkylation sites (tertiary alicyclic amines) is 1. The van der Waals surface area contributed by atoms with Gasteiger partial charge in [0.2, 0.25) is 17.9 Å². The molecule has 2 aromatic carbocycles. The number of benzene rings is 2. The van der Waals surface area contributed by atoms with Crippen molar-refractivity contribution in [1.82, 2.24) is 4.90 Å². The van der Waals surface area contributed by atoms with Crippen molar-refractivity contribution >= 4 is 29.4 Å². The molecule has 1 heterocycles. The van der Waals surface area contributed by atoms with Crippen LogP contribution in [0.4, 0.5) is 18.9 Å². The summed E-state index contributed by atoms with van der Waals surface area (Å²) in [6.07, 6.45) is -1.51. The standard InChI is InChI=1S/C26H21F3N2O5/c27-26(28,29)17-7-4-8-18(12-17)30-23(33)22(14-5-2-1-3-6-14)36-19(32)13-31-24(34)20-15-9-10-16(11-15)21(20)25(31)35/h1-10,12,15-16,20-22H,11,13H2,(H,30,33)/t15-,16-,20+,21+,22+/m0/s1. The van der Waals surface area contributed by atoms with E-state index in [1.54, 1.807) is 18.2 Å². The Kier molecular flexibility index (Phi) is 5.89. The molecule has 2 fully saturated rings. The second-order valence-electron chi connectivity index (χ2n) is 9.11. The molecule has 7 nitrogen and oxygen atoms in total. The number of fused-ring (bicyclic) bond motifs is 5. The van der Waals surface area contributed by atoms with Gasteiger partial charge in [-0.1, -0.05) is 48.6 Å². The molecule has 5 atom stereocenters. The predicted molar refractivity (Wildman–Crippen MR) is 120 cm³/mol. The van der Waals surface area contributed by atoms with Gasteiger partial charge in [0.15, 0.2) is 0 Å². The minimum Gasteiger partial charge on any atom is -0.446 e. The van der Waals surface area contributed by atoms with Gasteiger partial charge in [0, 0.05) is 11.3 Å². The number of amides is 3. The van der Waals surface area contributed by atoms with Crippen LogP contribution in [0.3, 0.4) is 0 Å². The van der Waals surface area contributed by atoms with Gasteiger partial charge in [0.1, 0.15) is 6.54 Å². The van der Waals surface area contributed by atoms with Crippen LogP contribution in [0.15, 0.2) is 66.7 Å². The molecule has 1 saturated carbocycles. The lowest BCUT2D eigenvalue weighted by atomic mass is 9.85. The van der Waals surface area contributed by atoms with E-state index >= 15 is 0 Å². The largest absolute Gasteiger partial charge is 0.446 e. The zero-order valence-corrected chi connectivity index (χ0v) is 18.8. The zero-order chi connectivity index (χ0) is 25.6. The molecule has 1 aliphatic heterocycles. The quantitative estimate of drug-likeness (QED) is 0.372. The third-order valence-electron chi connectivity index (χ3n) is 6.90. The van der Waals surface area contributed by atoms with Gasteiger partial charge in [-0.25, -0.2) is 0 Å². The molecule has 0 spiro atoms. The molecule has 186 valence electrons. The van der Waals surface area contributed by atoms with Gasteiger partial charge in [-0.3, -0.25) is 24.1 Å². The fraction of sp³-hybridized carbons (Fsp3) is 0.308. The van der Waals surface area contributed by atoms with E-state index in [4.69, 9.17) is 4.74 Å². The average molecular weight is 498 g/mol. The molecule has 36 heavy (non-hydrogen) atoms. The van der Waals surface area contributed by atoms with Crippen LogP contribution in [0, 0.1) is 23.7 Å². The second kappa shape index (κ2) is 8.92. The number of anilines is 1. The molecular weight excluding hydrogens is 477 g/mol. The van der Waals surface area contributed by atoms with Gasteiger partial charge in [-0.15, -0.1) is 0 Å². The number of allylic oxidation sites excluding steroid dienone is 2. The topological polar surface area (TPSA) is 92.8 Å². The minimum absolute atomic E-state index is 0.0206. The number of imide groups is 1. The SMILES string of the molecule is O=C(CN1C(=O)[C@H]2[C@H](C1=O)[C@H]1C=C[C@H]2C1)O[C@@H](C(=O)Nc1cccc(C(F)(F)F)c1)c1ccccc1. The Balaban J connectivity index is 1.31. The highest BCUT2D eigenvalue weighted by Crippen LogP contribution is 2.52. The molecule has 2 aromatic rings. The smallest absolute Gasteiger partial charge is 0.416 e. The van der Waals surface area contributed by atoms with E-state index in [1.165, 1.54) is 18.2 Å². The van der Waals surface area contributed by atoms with Gasteiger partial charge in [0.05, 0.1) is 17.4 Å². The number of carbonyl (C=O) groups excluding carboxylic acids is 4. The van der Waals surface area contributed by atoms with E-state index in [0.717, 1.165) is 29.5 Å². The molecule has 1 N–H and O–H groups in total. The summed E-state index contributed by atoms with van der Waals surface area (Å²) in [4.78, 5) is 52.4. The maximum atomic E-state index is 13.0. The van der Waals surface area contributed by atoms with Crippen LogP contribution in [0.1, 0.15) is 23.7 Å². The summed E-state index contributed by atoms with van der Waals surface area (Å²) < 4.78 is 44.5. The molecule has 0 aromatic heterocycles. The Bertz CT molecular complexity index is 1230. The van der Waals surface area contributed by atoms with Crippen LogP contribution < -0.4 is 5.32 Å². The van der Waals surface area contributed by atoms with Crippen LogP contribution >= 0.6 is 0 Å². The van der Waals surface area contributed by atoms with Crippen molar-refractivity contribution in [3.8, 4) is 0 Å². The molecule has 10 heteroatoms. The Hall–Kier alpha value is -3.95. The van der Waals surface area contributed by atoms with Crippen molar-refractivity contribution in [3.05, 3.63) is 77.9 Å². The number of ether oxygens (including phenoxy) is 1. The number of hydrogen-bond donors (Lipinski definition) is 1. The summed E-state index contributed by atoms with van der Waals surface area (Å²) in [6, 6.07) is 12.0. The number of hydrogen-bond acceptors (Lipinski definition) is 5. The van der Waals surface area contributed by atoms with E-state index in [2.05, 4.69) is 5.32 Å². The monoisotopic (exact) mass is 498 g/mol. The molecule has 0 radical (unpaired) electrons. The highest BCUT2D eigenvalue weighted by Gasteiger charge is 2.59. The Morgan fingerprint density at radius 1 is 0.972 bits per heavy atom. The van der Waals surface area contributed by atoms with Crippen LogP contribution in [-0.4, -0.2) is 35.1 Å². The number of rotatable bonds is 6. The normalized spacial score (nSPS) is 25.1. The molecule has 1 saturated heterocycles. The molecule has 5 rings (SSSR count). The number of carbonyl (C=O) groups is 4. The highest BCUT2D eigenvalue weighted by atomic mass is 19.4. The summed E-state index contributed by atoms with van der Waals surface area (Å²) in [5.41, 5.74) is -0.811. The first-order chi connectivity index (χ1) is 17.1. The van der Waals surface area contributed by atoms with Crippen molar-refractivity contribution < 1.29 is 37.1 Å². The fourth-order valence-electron chi connectivity index (χ4n) is 5.30. The van der Waals surface area contributed by atoms with E-state index in [-0.39, 0.29) is 23.1 Å². The molecule has 0 unspecified atom stereocenters. The van der Waals surface area contributed by atoms with E-state index in [1.807, 2.05) is 12.2 Å². The van der Waals surface area contributed by atoms with Gasteiger partial charge in [0.25, 0.3) is 5.91 Å². The van der Waals surface area contributed by atoms with E-state index in [9.17, 15) is 32.3 Å². The summed E-state index contributed by atoms with van der Waals surface area (Å²) in [6.45, 7) is -0.649. The highest BCUT2D eigenvalue weighted by molar-refractivity contribution is 6.08. The molecule has 3 amide bonds. The van der Waals surface area contributed by atoms with Gasteiger partial charge >= 0.3 is 12.1 Å². The van der Waals surface area contributed by atoms with Gasteiger partial charge in [-0.2, -0.15) is 13.2 Å². The lowest BCUT2D eigenvalue weighted by Gasteiger charge is -2.21. The number of nitrogens with zero attached hydrogens (tertiary/aromatic N) is 1. The van der Waals surface area contributed by atoms with E-state index < -0.39 is 59.9 Å². The molecule has 3 aliphatic rings. The first kappa shape index (κ1) is 23.8. The Labute approximate surface area is 203 Å². The summed E-state index contributed by atoms with van der Waals surface area (Å²) in [5, 5.41) is 2.35. The first-order valence-corrected chi connectivity index (χ1v) is 11.4. The van der Waals surface area contributed by atoms with Crippen LogP contribution in [0.25, 0.3) is 0 Å². The van der Waals surface area contributed by atoms with Crippen molar-refractivity contribution in [1.29, 1.82) is 0 Å². The second-order valence-corrected chi connectivity index (χ2v) is 9.11. The Morgan fingerprint density at radius 2 is 1.61 bits per heavy atom. The maximum Gasteiger partial charge on any atom is 0.416 e. The molecule has 2 aliphatic carbocycles. The summed E-state index contributed by atoms with van der Waals surface area (Å²) in [5.74, 6) is -3.71. The fourth-order valence-corrected chi connectivity index (χ4v) is 5.30. The average Bonchev–Trinajstić information content (AvgIpc) is 3.53. The van der Waals surface area contributed by atoms with Crippen molar-refractivity contribution in [2.75, 3.05) is 11.9 Å². The number of halogens is 3. The molecule has 2 bridgehead atoms. The summed E-state index contributed by atoms with van der Waals surface area (Å²) in [7, 11) is 0. The van der Waals surface area contributed by atoms with Gasteiger partial charge in [-0.05, 0) is 36.5 Å². The van der Waals surface area contributed by atoms with Crippen LogP contribution in [0.2, 0.25) is 0 Å². The van der Waals surface area contributed by atoms with Crippen molar-refractivity contribution in [2.45, 2.75) is 18.7 Å². The van der Waals surface area contributed by atoms with Crippen LogP contribution in [0.5, 0.6) is 0 Å². The van der Waals surface area contributed by atoms with E-state index in [0.29, 0.717) is 0 Å². The third kappa shape index (κ3) is 4.27. The van der Waals surface area contributed by atoms with Crippen molar-refractivity contribution in [2.24, 2.45) is 23.7 Å². The third-order valence-corrected chi connectivity index (χ3v) is 6.90. The first-order valence-electron chi connectivity index (χ1n) is 11.4. The number of alkyl halides is 3. The predicted octanol–water partition coefficient (Wildman–Crippen LogP) is 3.74. The van der Waals surface area contributed by atoms with Gasteiger partial charge < -0.3 is 10.1 Å². The Morgan fingerprint density at radius 3 is 2.22 bits per heavy atom. The van der Waals surface area contributed by atoms with Crippen LogP contribution in [-0.2, 0) is 30.1 Å². The minimum atomic E-state index is -4.60. The molecular formula is C26H21F3N2O5. The number of nitrogens with one attached hydrogen (secondary N) is 1. The lowest BCUT2D eigenvalue weighted by molar-refractivity contribution is -0.159. The maximum absolute atomic E-state index is 13.0. The van der Waals surface area contributed by atoms with Crippen molar-refractivity contribution in [3.63, 3.8) is 0 Å². The summed E-state index contributed by atoms with van der Waals surface area (Å²) >= 11 is 0. The number of esters is 1. The lowest BCUT2D eigenvalue weighted by Crippen LogP contribution is -2.39. The zero-order valence-electron chi connectivity index (χ0n) is 18.8.